The van der Waals surface area contributed by atoms with Crippen LogP contribution in [0.1, 0.15) is 42.4 Å². The summed E-state index contributed by atoms with van der Waals surface area (Å²) in [6.45, 7) is 4.51. The van der Waals surface area contributed by atoms with Gasteiger partial charge in [-0.15, -0.1) is 0 Å². The summed E-state index contributed by atoms with van der Waals surface area (Å²) < 4.78 is 0. The number of hydrogen-bond donors (Lipinski definition) is 0. The Balaban J connectivity index is 2.30. The quantitative estimate of drug-likeness (QED) is 0.559. The molecule has 0 saturated heterocycles. The summed E-state index contributed by atoms with van der Waals surface area (Å²) in [5, 5.41) is 2.20. The van der Waals surface area contributed by atoms with Crippen LogP contribution in [0.25, 0.3) is 0 Å². The number of alkyl halides is 2. The van der Waals surface area contributed by atoms with Crippen molar-refractivity contribution in [2.45, 2.75) is 46.0 Å². The Hall–Kier alpha value is 0.180. The van der Waals surface area contributed by atoms with Crippen LogP contribution in [-0.2, 0) is 6.42 Å². The molecule has 0 aliphatic heterocycles. The van der Waals surface area contributed by atoms with Crippen LogP contribution in [-0.4, -0.2) is 10.7 Å². The SMILES string of the molecule is Cc1cccc(C)c1CC(CBr)(CBr)C1CCCC1. The maximum Gasteiger partial charge on any atom is 0.0102 e. The molecule has 1 saturated carbocycles. The summed E-state index contributed by atoms with van der Waals surface area (Å²) in [6, 6.07) is 6.68. The van der Waals surface area contributed by atoms with Crippen LogP contribution in [0, 0.1) is 25.2 Å². The summed E-state index contributed by atoms with van der Waals surface area (Å²) in [6.07, 6.45) is 6.84. The average molecular weight is 388 g/mol. The van der Waals surface area contributed by atoms with E-state index >= 15 is 0 Å². The van der Waals surface area contributed by atoms with Crippen molar-refractivity contribution in [2.24, 2.45) is 11.3 Å². The normalized spacial score (nSPS) is 17.1. The first-order chi connectivity index (χ1) is 9.13. The van der Waals surface area contributed by atoms with Crippen LogP contribution in [0.3, 0.4) is 0 Å². The molecule has 0 N–H and O–H groups in total. The van der Waals surface area contributed by atoms with Gasteiger partial charge in [0.25, 0.3) is 0 Å². The molecule has 2 rings (SSSR count). The number of hydrogen-bond acceptors (Lipinski definition) is 0. The van der Waals surface area contributed by atoms with Gasteiger partial charge >= 0.3 is 0 Å². The minimum Gasteiger partial charge on any atom is -0.0921 e. The largest absolute Gasteiger partial charge is 0.0921 e. The molecule has 0 radical (unpaired) electrons. The second kappa shape index (κ2) is 6.76. The topological polar surface area (TPSA) is 0 Å². The smallest absolute Gasteiger partial charge is 0.0102 e. The third kappa shape index (κ3) is 3.26. The first-order valence-corrected chi connectivity index (χ1v) is 9.54. The van der Waals surface area contributed by atoms with Gasteiger partial charge in [-0.2, -0.15) is 0 Å². The lowest BCUT2D eigenvalue weighted by Gasteiger charge is -2.37. The Labute approximate surface area is 134 Å². The zero-order valence-corrected chi connectivity index (χ0v) is 15.2. The molecule has 0 nitrogen and oxygen atoms in total. The molecule has 0 spiro atoms. The van der Waals surface area contributed by atoms with Crippen LogP contribution < -0.4 is 0 Å². The van der Waals surface area contributed by atoms with E-state index in [0.29, 0.717) is 5.41 Å². The average Bonchev–Trinajstić information content (AvgIpc) is 2.94. The fraction of sp³-hybridized carbons (Fsp3) is 0.647. The lowest BCUT2D eigenvalue weighted by Crippen LogP contribution is -2.35. The van der Waals surface area contributed by atoms with E-state index in [1.54, 1.807) is 5.56 Å². The van der Waals surface area contributed by atoms with Gasteiger partial charge in [-0.1, -0.05) is 62.9 Å². The fourth-order valence-electron chi connectivity index (χ4n) is 3.51. The van der Waals surface area contributed by atoms with E-state index in [4.69, 9.17) is 0 Å². The van der Waals surface area contributed by atoms with Crippen molar-refractivity contribution in [1.29, 1.82) is 0 Å². The zero-order valence-electron chi connectivity index (χ0n) is 12.0. The molecule has 1 aromatic carbocycles. The molecule has 106 valence electrons. The maximum atomic E-state index is 3.82. The molecule has 1 aromatic rings. The highest BCUT2D eigenvalue weighted by Gasteiger charge is 2.39. The van der Waals surface area contributed by atoms with E-state index in [-0.39, 0.29) is 0 Å². The first kappa shape index (κ1) is 15.6. The standard InChI is InChI=1S/C17H24Br2/c1-13-6-5-7-14(2)16(13)10-17(11-18,12-19)15-8-3-4-9-15/h5-7,15H,3-4,8-12H2,1-2H3. The van der Waals surface area contributed by atoms with Gasteiger partial charge in [0.1, 0.15) is 0 Å². The molecule has 0 amide bonds. The zero-order chi connectivity index (χ0) is 13.9. The van der Waals surface area contributed by atoms with Gasteiger partial charge in [-0.05, 0) is 61.1 Å². The Morgan fingerprint density at radius 2 is 1.58 bits per heavy atom. The lowest BCUT2D eigenvalue weighted by molar-refractivity contribution is 0.232. The Morgan fingerprint density at radius 3 is 2.05 bits per heavy atom. The summed E-state index contributed by atoms with van der Waals surface area (Å²) >= 11 is 7.64. The van der Waals surface area contributed by atoms with Crippen molar-refractivity contribution < 1.29 is 0 Å². The number of halogens is 2. The third-order valence-electron chi connectivity index (χ3n) is 4.93. The predicted molar refractivity (Wildman–Crippen MR) is 91.6 cm³/mol. The highest BCUT2D eigenvalue weighted by atomic mass is 79.9. The Morgan fingerprint density at radius 1 is 1.05 bits per heavy atom. The van der Waals surface area contributed by atoms with E-state index in [1.165, 1.54) is 43.2 Å². The molecule has 1 aliphatic carbocycles. The fourth-order valence-corrected chi connectivity index (χ4v) is 5.75. The second-order valence-electron chi connectivity index (χ2n) is 6.16. The molecular weight excluding hydrogens is 364 g/mol. The lowest BCUT2D eigenvalue weighted by atomic mass is 9.72. The summed E-state index contributed by atoms with van der Waals surface area (Å²) in [5.41, 5.74) is 4.84. The number of rotatable bonds is 5. The van der Waals surface area contributed by atoms with Crippen molar-refractivity contribution in [1.82, 2.24) is 0 Å². The molecule has 0 atom stereocenters. The van der Waals surface area contributed by atoms with Gasteiger partial charge in [0.15, 0.2) is 0 Å². The van der Waals surface area contributed by atoms with Gasteiger partial charge in [0.2, 0.25) is 0 Å². The van der Waals surface area contributed by atoms with Gasteiger partial charge in [-0.3, -0.25) is 0 Å². The van der Waals surface area contributed by atoms with E-state index in [1.807, 2.05) is 0 Å². The van der Waals surface area contributed by atoms with Crippen LogP contribution in [0.5, 0.6) is 0 Å². The van der Waals surface area contributed by atoms with E-state index < -0.39 is 0 Å². The highest BCUT2D eigenvalue weighted by molar-refractivity contribution is 9.09. The van der Waals surface area contributed by atoms with Crippen molar-refractivity contribution in [3.63, 3.8) is 0 Å². The van der Waals surface area contributed by atoms with Gasteiger partial charge in [0, 0.05) is 10.7 Å². The van der Waals surface area contributed by atoms with Crippen molar-refractivity contribution in [3.05, 3.63) is 34.9 Å². The second-order valence-corrected chi connectivity index (χ2v) is 7.28. The molecule has 19 heavy (non-hydrogen) atoms. The Kier molecular flexibility index (Phi) is 5.54. The molecule has 2 heteroatoms. The number of benzene rings is 1. The van der Waals surface area contributed by atoms with E-state index in [0.717, 1.165) is 16.6 Å². The van der Waals surface area contributed by atoms with Gasteiger partial charge < -0.3 is 0 Å². The molecule has 1 fully saturated rings. The third-order valence-corrected chi connectivity index (χ3v) is 7.16. The first-order valence-electron chi connectivity index (χ1n) is 7.30. The summed E-state index contributed by atoms with van der Waals surface area (Å²) in [4.78, 5) is 0. The van der Waals surface area contributed by atoms with Crippen molar-refractivity contribution in [3.8, 4) is 0 Å². The van der Waals surface area contributed by atoms with Crippen LogP contribution in [0.4, 0.5) is 0 Å². The van der Waals surface area contributed by atoms with Crippen molar-refractivity contribution >= 4 is 31.9 Å². The molecule has 0 aromatic heterocycles. The van der Waals surface area contributed by atoms with E-state index in [2.05, 4.69) is 63.9 Å². The van der Waals surface area contributed by atoms with Crippen LogP contribution >= 0.6 is 31.9 Å². The van der Waals surface area contributed by atoms with Crippen LogP contribution in [0.2, 0.25) is 0 Å². The van der Waals surface area contributed by atoms with Crippen molar-refractivity contribution in [2.75, 3.05) is 10.7 Å². The van der Waals surface area contributed by atoms with Gasteiger partial charge in [-0.25, -0.2) is 0 Å². The Bertz CT molecular complexity index is 395. The molecule has 0 unspecified atom stereocenters. The van der Waals surface area contributed by atoms with E-state index in [9.17, 15) is 0 Å². The minimum absolute atomic E-state index is 0.382. The predicted octanol–water partition coefficient (Wildman–Crippen LogP) is 5.81. The minimum atomic E-state index is 0.382. The van der Waals surface area contributed by atoms with Gasteiger partial charge in [0.05, 0.1) is 0 Å². The molecular formula is C17H24Br2. The summed E-state index contributed by atoms with van der Waals surface area (Å²) in [5.74, 6) is 0.866. The summed E-state index contributed by atoms with van der Waals surface area (Å²) in [7, 11) is 0. The van der Waals surface area contributed by atoms with Crippen LogP contribution in [0.15, 0.2) is 18.2 Å². The number of aryl methyl sites for hydroxylation is 2. The highest BCUT2D eigenvalue weighted by Crippen LogP contribution is 2.45. The molecule has 1 aliphatic rings. The molecule has 0 heterocycles. The maximum absolute atomic E-state index is 3.82. The monoisotopic (exact) mass is 386 g/mol. The molecule has 0 bridgehead atoms.